The lowest BCUT2D eigenvalue weighted by atomic mass is 10.2. The number of hydrogen-bond donors (Lipinski definition) is 1. The molecule has 0 bridgehead atoms. The van der Waals surface area contributed by atoms with Gasteiger partial charge < -0.3 is 10.1 Å². The Hall–Kier alpha value is -2.77. The Balaban J connectivity index is 1.97. The number of amides is 1. The van der Waals surface area contributed by atoms with Crippen LogP contribution in [0.25, 0.3) is 5.69 Å². The molecule has 1 amide bonds. The Labute approximate surface area is 145 Å². The Kier molecular flexibility index (Phi) is 6.21. The number of aryl methyl sites for hydroxylation is 1. The van der Waals surface area contributed by atoms with Crippen LogP contribution in [0.5, 0.6) is 0 Å². The quantitative estimate of drug-likeness (QED) is 0.775. The van der Waals surface area contributed by atoms with Gasteiger partial charge in [-0.25, -0.2) is 18.9 Å². The van der Waals surface area contributed by atoms with Crippen LogP contribution in [0.15, 0.2) is 24.3 Å². The van der Waals surface area contributed by atoms with Crippen LogP contribution in [0.3, 0.4) is 0 Å². The highest BCUT2D eigenvalue weighted by Gasteiger charge is 2.18. The van der Waals surface area contributed by atoms with E-state index in [1.165, 1.54) is 28.9 Å². The Morgan fingerprint density at radius 3 is 2.64 bits per heavy atom. The number of hydrogen-bond acceptors (Lipinski definition) is 5. The summed E-state index contributed by atoms with van der Waals surface area (Å²) in [6.45, 7) is 5.18. The largest absolute Gasteiger partial charge is 0.450 e. The fraction of sp³-hybridized carbons (Fsp3) is 0.412. The molecule has 0 aliphatic rings. The topological polar surface area (TPSA) is 86.1 Å². The van der Waals surface area contributed by atoms with Gasteiger partial charge in [-0.05, 0) is 44.5 Å². The zero-order chi connectivity index (χ0) is 18.4. The number of esters is 1. The van der Waals surface area contributed by atoms with Gasteiger partial charge in [0.25, 0.3) is 11.7 Å². The van der Waals surface area contributed by atoms with Crippen molar-refractivity contribution >= 4 is 11.9 Å². The number of rotatable bonds is 7. The van der Waals surface area contributed by atoms with E-state index >= 15 is 0 Å². The molecule has 1 N–H and O–H groups in total. The molecule has 0 aliphatic heterocycles. The lowest BCUT2D eigenvalue weighted by molar-refractivity contribution is -0.124. The molecule has 0 saturated carbocycles. The molecular formula is C17H21FN4O3. The zero-order valence-electron chi connectivity index (χ0n) is 14.5. The first-order valence-electron chi connectivity index (χ1n) is 8.06. The summed E-state index contributed by atoms with van der Waals surface area (Å²) in [6.07, 6.45) is 1.80. The minimum Gasteiger partial charge on any atom is -0.450 e. The molecule has 0 fully saturated rings. The van der Waals surface area contributed by atoms with Crippen molar-refractivity contribution in [2.75, 3.05) is 6.61 Å². The first kappa shape index (κ1) is 18.6. The summed E-state index contributed by atoms with van der Waals surface area (Å²) in [5.74, 6) is -1.24. The second-order valence-electron chi connectivity index (χ2n) is 5.70. The fourth-order valence-electron chi connectivity index (χ4n) is 2.32. The van der Waals surface area contributed by atoms with E-state index in [9.17, 15) is 14.0 Å². The molecule has 25 heavy (non-hydrogen) atoms. The molecule has 8 heteroatoms. The number of nitrogens with zero attached hydrogens (tertiary/aromatic N) is 3. The molecule has 1 unspecified atom stereocenters. The molecule has 2 rings (SSSR count). The van der Waals surface area contributed by atoms with Crippen LogP contribution < -0.4 is 5.32 Å². The summed E-state index contributed by atoms with van der Waals surface area (Å²) in [5.41, 5.74) is 0.566. The second kappa shape index (κ2) is 8.36. The second-order valence-corrected chi connectivity index (χ2v) is 5.70. The molecule has 7 nitrogen and oxygen atoms in total. The molecule has 0 spiro atoms. The average Bonchev–Trinajstić information content (AvgIpc) is 2.95. The third-order valence-electron chi connectivity index (χ3n) is 3.49. The number of ether oxygens (including phenoxy) is 1. The van der Waals surface area contributed by atoms with Crippen molar-refractivity contribution in [1.29, 1.82) is 0 Å². The molecule has 0 radical (unpaired) electrons. The summed E-state index contributed by atoms with van der Waals surface area (Å²) >= 11 is 0. The van der Waals surface area contributed by atoms with Gasteiger partial charge in [-0.15, -0.1) is 5.10 Å². The van der Waals surface area contributed by atoms with Crippen LogP contribution in [-0.4, -0.2) is 39.3 Å². The van der Waals surface area contributed by atoms with Crippen LogP contribution in [0.4, 0.5) is 4.39 Å². The van der Waals surface area contributed by atoms with Gasteiger partial charge in [0.1, 0.15) is 11.6 Å². The number of benzene rings is 1. The van der Waals surface area contributed by atoms with Crippen molar-refractivity contribution in [3.63, 3.8) is 0 Å². The van der Waals surface area contributed by atoms with Gasteiger partial charge in [-0.2, -0.15) is 0 Å². The third kappa shape index (κ3) is 5.10. The van der Waals surface area contributed by atoms with Crippen molar-refractivity contribution in [3.8, 4) is 5.69 Å². The van der Waals surface area contributed by atoms with E-state index in [-0.39, 0.29) is 23.6 Å². The number of halogens is 1. The van der Waals surface area contributed by atoms with Gasteiger partial charge in [0.2, 0.25) is 0 Å². The molecule has 0 aliphatic carbocycles. The Morgan fingerprint density at radius 1 is 1.32 bits per heavy atom. The van der Waals surface area contributed by atoms with Crippen LogP contribution in [0, 0.1) is 12.7 Å². The van der Waals surface area contributed by atoms with Crippen molar-refractivity contribution < 1.29 is 18.7 Å². The maximum absolute atomic E-state index is 13.0. The minimum atomic E-state index is -0.790. The number of nitrogens with one attached hydrogen (secondary N) is 1. The summed E-state index contributed by atoms with van der Waals surface area (Å²) in [7, 11) is 0. The van der Waals surface area contributed by atoms with Crippen molar-refractivity contribution in [1.82, 2.24) is 20.1 Å². The standard InChI is InChI=1S/C17H21FN4O3/c1-4-5-11(2)19-15(23)10-25-17(24)16-20-12(3)22(21-16)14-8-6-13(18)7-9-14/h6-9,11H,4-5,10H2,1-3H3,(H,19,23). The summed E-state index contributed by atoms with van der Waals surface area (Å²) < 4.78 is 19.3. The molecule has 1 atom stereocenters. The number of carbonyl (C=O) groups excluding carboxylic acids is 2. The van der Waals surface area contributed by atoms with E-state index in [0.29, 0.717) is 11.5 Å². The first-order valence-corrected chi connectivity index (χ1v) is 8.06. The van der Waals surface area contributed by atoms with Crippen molar-refractivity contribution in [2.24, 2.45) is 0 Å². The monoisotopic (exact) mass is 348 g/mol. The van der Waals surface area contributed by atoms with Crippen LogP contribution in [0.1, 0.15) is 43.1 Å². The molecule has 0 saturated heterocycles. The van der Waals surface area contributed by atoms with Gasteiger partial charge in [0.05, 0.1) is 5.69 Å². The molecule has 1 heterocycles. The minimum absolute atomic E-state index is 0.0225. The van der Waals surface area contributed by atoms with Gasteiger partial charge >= 0.3 is 5.97 Å². The number of aromatic nitrogens is 3. The lowest BCUT2D eigenvalue weighted by Gasteiger charge is -2.12. The smallest absolute Gasteiger partial charge is 0.378 e. The lowest BCUT2D eigenvalue weighted by Crippen LogP contribution is -2.35. The maximum Gasteiger partial charge on any atom is 0.378 e. The predicted molar refractivity (Wildman–Crippen MR) is 88.8 cm³/mol. The summed E-state index contributed by atoms with van der Waals surface area (Å²) in [5, 5.41) is 6.79. The average molecular weight is 348 g/mol. The Bertz CT molecular complexity index is 743. The van der Waals surface area contributed by atoms with Gasteiger partial charge in [0, 0.05) is 6.04 Å². The highest BCUT2D eigenvalue weighted by atomic mass is 19.1. The van der Waals surface area contributed by atoms with Crippen LogP contribution in [0.2, 0.25) is 0 Å². The molecule has 1 aromatic heterocycles. The normalized spacial score (nSPS) is 11.8. The Morgan fingerprint density at radius 2 is 2.00 bits per heavy atom. The van der Waals surface area contributed by atoms with E-state index in [4.69, 9.17) is 4.74 Å². The molecule has 1 aromatic carbocycles. The zero-order valence-corrected chi connectivity index (χ0v) is 14.5. The first-order chi connectivity index (χ1) is 11.9. The molecular weight excluding hydrogens is 327 g/mol. The van der Waals surface area contributed by atoms with Crippen molar-refractivity contribution in [3.05, 3.63) is 41.7 Å². The van der Waals surface area contributed by atoms with Crippen molar-refractivity contribution in [2.45, 2.75) is 39.7 Å². The van der Waals surface area contributed by atoms with E-state index in [1.807, 2.05) is 13.8 Å². The van der Waals surface area contributed by atoms with E-state index in [1.54, 1.807) is 6.92 Å². The van der Waals surface area contributed by atoms with E-state index in [0.717, 1.165) is 12.8 Å². The van der Waals surface area contributed by atoms with Gasteiger partial charge in [-0.1, -0.05) is 13.3 Å². The third-order valence-corrected chi connectivity index (χ3v) is 3.49. The SMILES string of the molecule is CCCC(C)NC(=O)COC(=O)c1nc(C)n(-c2ccc(F)cc2)n1. The van der Waals surface area contributed by atoms with Gasteiger partial charge in [0.15, 0.2) is 6.61 Å². The summed E-state index contributed by atoms with van der Waals surface area (Å²) in [6, 6.07) is 5.64. The maximum atomic E-state index is 13.0. The summed E-state index contributed by atoms with van der Waals surface area (Å²) in [4.78, 5) is 27.8. The predicted octanol–water partition coefficient (Wildman–Crippen LogP) is 2.18. The fourth-order valence-corrected chi connectivity index (χ4v) is 2.32. The van der Waals surface area contributed by atoms with E-state index in [2.05, 4.69) is 15.4 Å². The van der Waals surface area contributed by atoms with E-state index < -0.39 is 12.6 Å². The number of carbonyl (C=O) groups is 2. The highest BCUT2D eigenvalue weighted by Crippen LogP contribution is 2.11. The molecule has 134 valence electrons. The van der Waals surface area contributed by atoms with Gasteiger partial charge in [-0.3, -0.25) is 4.79 Å². The highest BCUT2D eigenvalue weighted by molar-refractivity contribution is 5.88. The molecule has 2 aromatic rings. The van der Waals surface area contributed by atoms with Crippen LogP contribution in [-0.2, 0) is 9.53 Å². The van der Waals surface area contributed by atoms with Crippen LogP contribution >= 0.6 is 0 Å².